The van der Waals surface area contributed by atoms with Crippen LogP contribution in [0.2, 0.25) is 0 Å². The highest BCUT2D eigenvalue weighted by Crippen LogP contribution is 1.69. The molecule has 0 saturated heterocycles. The van der Waals surface area contributed by atoms with Crippen molar-refractivity contribution < 1.29 is 14.6 Å². The number of hydrogen-bond donors (Lipinski definition) is 1. The number of ether oxygens (including phenoxy) is 1. The summed E-state index contributed by atoms with van der Waals surface area (Å²) in [6.45, 7) is 0.140. The molecule has 0 atom stereocenters. The summed E-state index contributed by atoms with van der Waals surface area (Å²) in [6.07, 6.45) is 0. The Bertz CT molecular complexity index is 29.4. The zero-order valence-corrected chi connectivity index (χ0v) is 4.43. The lowest BCUT2D eigenvalue weighted by molar-refractivity contribution is -0.364. The van der Waals surface area contributed by atoms with Crippen molar-refractivity contribution in [1.82, 2.24) is 5.48 Å². The molecule has 0 fully saturated rings. The molecule has 0 aliphatic heterocycles. The second-order valence-electron chi connectivity index (χ2n) is 0.812. The van der Waals surface area contributed by atoms with E-state index < -0.39 is 0 Å². The van der Waals surface area contributed by atoms with Crippen LogP contribution in [0.1, 0.15) is 0 Å². The van der Waals surface area contributed by atoms with Gasteiger partial charge in [-0.3, -0.25) is 0 Å². The molecule has 0 radical (unpaired) electrons. The van der Waals surface area contributed by atoms with Gasteiger partial charge in [-0.05, 0) is 0 Å². The maximum atomic E-state index is 4.46. The van der Waals surface area contributed by atoms with Crippen LogP contribution >= 0.6 is 0 Å². The van der Waals surface area contributed by atoms with Gasteiger partial charge in [0, 0.05) is 14.2 Å². The van der Waals surface area contributed by atoms with E-state index in [9.17, 15) is 0 Å². The smallest absolute Gasteiger partial charge is 0.182 e. The molecule has 0 unspecified atom stereocenters. The zero-order valence-electron chi connectivity index (χ0n) is 4.43. The van der Waals surface area contributed by atoms with Gasteiger partial charge in [-0.25, -0.2) is 0 Å². The molecule has 0 rings (SSSR count). The average molecular weight is 107 g/mol. The lowest BCUT2D eigenvalue weighted by Gasteiger charge is -1.96. The van der Waals surface area contributed by atoms with Gasteiger partial charge in [0.1, 0.15) is 0 Å². The summed E-state index contributed by atoms with van der Waals surface area (Å²) >= 11 is 0. The van der Waals surface area contributed by atoms with E-state index in [-0.39, 0.29) is 6.79 Å². The van der Waals surface area contributed by atoms with E-state index in [0.717, 1.165) is 0 Å². The van der Waals surface area contributed by atoms with Crippen molar-refractivity contribution in [2.45, 2.75) is 0 Å². The zero-order chi connectivity index (χ0) is 5.54. The minimum absolute atomic E-state index is 0.140. The third-order valence-electron chi connectivity index (χ3n) is 0.308. The van der Waals surface area contributed by atoms with E-state index in [2.05, 4.69) is 20.1 Å². The third kappa shape index (κ3) is 5.84. The number of rotatable bonds is 4. The third-order valence-corrected chi connectivity index (χ3v) is 0.308. The van der Waals surface area contributed by atoms with Crippen molar-refractivity contribution in [1.29, 1.82) is 0 Å². The van der Waals surface area contributed by atoms with Crippen LogP contribution in [0.25, 0.3) is 0 Å². The standard InChI is InChI=1S/C3H9NO3/c1-4-7-6-3-5-2/h4H,3H2,1-2H3. The summed E-state index contributed by atoms with van der Waals surface area (Å²) in [5.41, 5.74) is 2.30. The molecule has 0 bridgehead atoms. The second-order valence-corrected chi connectivity index (χ2v) is 0.812. The summed E-state index contributed by atoms with van der Waals surface area (Å²) in [7, 11) is 3.11. The van der Waals surface area contributed by atoms with Crippen LogP contribution in [0.5, 0.6) is 0 Å². The number of hydroxylamine groups is 1. The highest BCUT2D eigenvalue weighted by Gasteiger charge is 1.76. The second kappa shape index (κ2) is 5.84. The van der Waals surface area contributed by atoms with E-state index in [4.69, 9.17) is 0 Å². The summed E-state index contributed by atoms with van der Waals surface area (Å²) in [6, 6.07) is 0. The van der Waals surface area contributed by atoms with Crippen LogP contribution in [0.3, 0.4) is 0 Å². The number of hydrogen-bond acceptors (Lipinski definition) is 4. The van der Waals surface area contributed by atoms with Crippen LogP contribution in [-0.2, 0) is 14.6 Å². The van der Waals surface area contributed by atoms with Gasteiger partial charge in [-0.1, -0.05) is 0 Å². The maximum Gasteiger partial charge on any atom is 0.182 e. The molecule has 0 saturated carbocycles. The first-order chi connectivity index (χ1) is 3.41. The monoisotopic (exact) mass is 107 g/mol. The van der Waals surface area contributed by atoms with Crippen molar-refractivity contribution in [3.63, 3.8) is 0 Å². The minimum atomic E-state index is 0.140. The first kappa shape index (κ1) is 6.84. The first-order valence-electron chi connectivity index (χ1n) is 1.86. The summed E-state index contributed by atoms with van der Waals surface area (Å²) in [5, 5.41) is 0. The normalized spacial score (nSPS) is 9.43. The minimum Gasteiger partial charge on any atom is -0.355 e. The van der Waals surface area contributed by atoms with E-state index in [1.165, 1.54) is 7.11 Å². The maximum absolute atomic E-state index is 4.46. The van der Waals surface area contributed by atoms with Gasteiger partial charge in [0.25, 0.3) is 0 Å². The van der Waals surface area contributed by atoms with E-state index >= 15 is 0 Å². The molecule has 7 heavy (non-hydrogen) atoms. The fraction of sp³-hybridized carbons (Fsp3) is 1.00. The van der Waals surface area contributed by atoms with Crippen molar-refractivity contribution in [3.8, 4) is 0 Å². The molecule has 0 aliphatic rings. The Kier molecular flexibility index (Phi) is 5.71. The molecule has 0 aromatic heterocycles. The quantitative estimate of drug-likeness (QED) is 0.231. The van der Waals surface area contributed by atoms with Crippen molar-refractivity contribution in [2.75, 3.05) is 21.0 Å². The summed E-state index contributed by atoms with van der Waals surface area (Å²) in [4.78, 5) is 8.50. The van der Waals surface area contributed by atoms with Crippen molar-refractivity contribution in [3.05, 3.63) is 0 Å². The molecular formula is C3H9NO3. The Labute approximate surface area is 42.2 Å². The molecule has 0 aliphatic carbocycles. The fourth-order valence-corrected chi connectivity index (χ4v) is 0.131. The predicted octanol–water partition coefficient (Wildman–Crippen LogP) is -0.327. The van der Waals surface area contributed by atoms with Crippen LogP contribution in [-0.4, -0.2) is 21.0 Å². The van der Waals surface area contributed by atoms with Gasteiger partial charge < -0.3 is 4.74 Å². The van der Waals surface area contributed by atoms with Crippen LogP contribution in [0.15, 0.2) is 0 Å². The molecular weight excluding hydrogens is 98.0 g/mol. The van der Waals surface area contributed by atoms with Gasteiger partial charge in [0.15, 0.2) is 6.79 Å². The predicted molar refractivity (Wildman–Crippen MR) is 23.1 cm³/mol. The highest BCUT2D eigenvalue weighted by molar-refractivity contribution is 3.82. The molecule has 0 amide bonds. The van der Waals surface area contributed by atoms with Gasteiger partial charge >= 0.3 is 0 Å². The Morgan fingerprint density at radius 3 is 2.71 bits per heavy atom. The molecule has 0 heterocycles. The SMILES string of the molecule is CNOOCOC. The molecule has 1 N–H and O–H groups in total. The van der Waals surface area contributed by atoms with Crippen molar-refractivity contribution in [2.24, 2.45) is 0 Å². The average Bonchev–Trinajstić information content (AvgIpc) is 1.69. The van der Waals surface area contributed by atoms with Gasteiger partial charge in [-0.2, -0.15) is 10.4 Å². The van der Waals surface area contributed by atoms with Crippen LogP contribution in [0, 0.1) is 0 Å². The Morgan fingerprint density at radius 2 is 2.29 bits per heavy atom. The molecule has 0 spiro atoms. The Hall–Kier alpha value is -0.160. The van der Waals surface area contributed by atoms with Crippen LogP contribution < -0.4 is 5.48 Å². The largest absolute Gasteiger partial charge is 0.355 e. The first-order valence-corrected chi connectivity index (χ1v) is 1.86. The lowest BCUT2D eigenvalue weighted by atomic mass is 11.4. The van der Waals surface area contributed by atoms with Gasteiger partial charge in [0.2, 0.25) is 0 Å². The summed E-state index contributed by atoms with van der Waals surface area (Å²) < 4.78 is 4.46. The van der Waals surface area contributed by atoms with Crippen molar-refractivity contribution >= 4 is 0 Å². The van der Waals surface area contributed by atoms with Gasteiger partial charge in [0.05, 0.1) is 0 Å². The summed E-state index contributed by atoms with van der Waals surface area (Å²) in [5.74, 6) is 0. The molecule has 0 aromatic carbocycles. The number of methoxy groups -OCH3 is 1. The van der Waals surface area contributed by atoms with Crippen LogP contribution in [0.4, 0.5) is 0 Å². The van der Waals surface area contributed by atoms with E-state index in [1.54, 1.807) is 7.05 Å². The molecule has 4 nitrogen and oxygen atoms in total. The van der Waals surface area contributed by atoms with Gasteiger partial charge in [-0.15, -0.1) is 4.99 Å². The topological polar surface area (TPSA) is 39.7 Å². The van der Waals surface area contributed by atoms with E-state index in [0.29, 0.717) is 0 Å². The Balaban J connectivity index is 2.45. The fourth-order valence-electron chi connectivity index (χ4n) is 0.131. The molecule has 4 heteroatoms. The Morgan fingerprint density at radius 1 is 1.57 bits per heavy atom. The highest BCUT2D eigenvalue weighted by atomic mass is 17.3. The molecule has 44 valence electrons. The number of nitrogens with one attached hydrogen (secondary N) is 1. The lowest BCUT2D eigenvalue weighted by Crippen LogP contribution is -2.09. The molecule has 0 aromatic rings. The van der Waals surface area contributed by atoms with E-state index in [1.807, 2.05) is 0 Å².